The molecule has 0 unspecified atom stereocenters. The number of benzene rings is 1. The fourth-order valence-corrected chi connectivity index (χ4v) is 2.50. The van der Waals surface area contributed by atoms with Crippen LogP contribution in [0.1, 0.15) is 32.1 Å². The van der Waals surface area contributed by atoms with Crippen LogP contribution in [0.4, 0.5) is 10.3 Å². The van der Waals surface area contributed by atoms with E-state index in [-0.39, 0.29) is 5.82 Å². The van der Waals surface area contributed by atoms with E-state index in [1.165, 1.54) is 44.2 Å². The van der Waals surface area contributed by atoms with E-state index in [9.17, 15) is 4.39 Å². The average molecular weight is 245 g/mol. The average Bonchev–Trinajstić information content (AvgIpc) is 2.39. The Morgan fingerprint density at radius 1 is 1.17 bits per heavy atom. The van der Waals surface area contributed by atoms with Crippen molar-refractivity contribution >= 4 is 16.9 Å². The molecule has 1 aromatic carbocycles. The summed E-state index contributed by atoms with van der Waals surface area (Å²) in [7, 11) is 0. The summed E-state index contributed by atoms with van der Waals surface area (Å²) in [6.45, 7) is 0. The van der Waals surface area contributed by atoms with Crippen molar-refractivity contribution in [1.29, 1.82) is 0 Å². The van der Waals surface area contributed by atoms with E-state index in [0.29, 0.717) is 17.5 Å². The van der Waals surface area contributed by atoms with Crippen LogP contribution in [0.15, 0.2) is 24.4 Å². The van der Waals surface area contributed by atoms with Gasteiger partial charge in [0.15, 0.2) is 0 Å². The van der Waals surface area contributed by atoms with Crippen molar-refractivity contribution < 1.29 is 4.39 Å². The molecule has 1 saturated carbocycles. The highest BCUT2D eigenvalue weighted by Crippen LogP contribution is 2.21. The van der Waals surface area contributed by atoms with E-state index in [0.717, 1.165) is 5.39 Å². The van der Waals surface area contributed by atoms with Gasteiger partial charge in [-0.3, -0.25) is 0 Å². The third-order valence-electron chi connectivity index (χ3n) is 3.48. The van der Waals surface area contributed by atoms with Crippen LogP contribution in [-0.4, -0.2) is 16.0 Å². The lowest BCUT2D eigenvalue weighted by atomic mass is 9.96. The summed E-state index contributed by atoms with van der Waals surface area (Å²) in [5, 5.41) is 4.21. The van der Waals surface area contributed by atoms with E-state index in [4.69, 9.17) is 0 Å². The van der Waals surface area contributed by atoms with Crippen LogP contribution < -0.4 is 5.32 Å². The molecule has 1 heterocycles. The van der Waals surface area contributed by atoms with E-state index in [1.807, 2.05) is 0 Å². The lowest BCUT2D eigenvalue weighted by Crippen LogP contribution is -2.23. The molecular formula is C14H16FN3. The van der Waals surface area contributed by atoms with Crippen LogP contribution in [0.2, 0.25) is 0 Å². The molecule has 0 saturated heterocycles. The molecule has 0 amide bonds. The Morgan fingerprint density at radius 3 is 2.83 bits per heavy atom. The molecule has 4 heteroatoms. The molecule has 0 atom stereocenters. The largest absolute Gasteiger partial charge is 0.351 e. The number of nitrogens with one attached hydrogen (secondary N) is 1. The van der Waals surface area contributed by atoms with Crippen molar-refractivity contribution in [2.45, 2.75) is 38.1 Å². The topological polar surface area (TPSA) is 37.8 Å². The highest BCUT2D eigenvalue weighted by atomic mass is 19.1. The number of rotatable bonds is 2. The Hall–Kier alpha value is -1.71. The summed E-state index contributed by atoms with van der Waals surface area (Å²) in [4.78, 5) is 8.65. The second kappa shape index (κ2) is 4.88. The van der Waals surface area contributed by atoms with Gasteiger partial charge in [0.2, 0.25) is 5.95 Å². The van der Waals surface area contributed by atoms with Gasteiger partial charge in [-0.05, 0) is 25.0 Å². The Balaban J connectivity index is 1.83. The summed E-state index contributed by atoms with van der Waals surface area (Å²) < 4.78 is 13.1. The van der Waals surface area contributed by atoms with Gasteiger partial charge < -0.3 is 5.32 Å². The molecule has 0 bridgehead atoms. The number of aromatic nitrogens is 2. The van der Waals surface area contributed by atoms with Crippen molar-refractivity contribution in [1.82, 2.24) is 9.97 Å². The van der Waals surface area contributed by atoms with Crippen molar-refractivity contribution in [3.8, 4) is 0 Å². The molecule has 0 aliphatic heterocycles. The standard InChI is InChI=1S/C14H16FN3/c15-11-7-6-10-9-16-14(18-13(10)8-11)17-12-4-2-1-3-5-12/h6-9,12H,1-5H2,(H,16,17,18). The first-order valence-corrected chi connectivity index (χ1v) is 6.50. The number of hydrogen-bond acceptors (Lipinski definition) is 3. The zero-order chi connectivity index (χ0) is 12.4. The van der Waals surface area contributed by atoms with Crippen molar-refractivity contribution in [3.63, 3.8) is 0 Å². The first-order chi connectivity index (χ1) is 8.81. The number of anilines is 1. The molecule has 18 heavy (non-hydrogen) atoms. The third-order valence-corrected chi connectivity index (χ3v) is 3.48. The van der Waals surface area contributed by atoms with E-state index >= 15 is 0 Å². The number of fused-ring (bicyclic) bond motifs is 1. The Bertz CT molecular complexity index is 550. The van der Waals surface area contributed by atoms with Crippen LogP contribution >= 0.6 is 0 Å². The summed E-state index contributed by atoms with van der Waals surface area (Å²) in [5.74, 6) is 0.352. The fraction of sp³-hybridized carbons (Fsp3) is 0.429. The van der Waals surface area contributed by atoms with Crippen molar-refractivity contribution in [2.75, 3.05) is 5.32 Å². The van der Waals surface area contributed by atoms with Gasteiger partial charge >= 0.3 is 0 Å². The van der Waals surface area contributed by atoms with E-state index in [1.54, 1.807) is 12.3 Å². The zero-order valence-corrected chi connectivity index (χ0v) is 10.2. The lowest BCUT2D eigenvalue weighted by Gasteiger charge is -2.22. The maximum absolute atomic E-state index is 13.1. The van der Waals surface area contributed by atoms with Crippen LogP contribution in [0, 0.1) is 5.82 Å². The monoisotopic (exact) mass is 245 g/mol. The summed E-state index contributed by atoms with van der Waals surface area (Å²) >= 11 is 0. The molecule has 3 rings (SSSR count). The molecule has 0 radical (unpaired) electrons. The van der Waals surface area contributed by atoms with E-state index in [2.05, 4.69) is 15.3 Å². The maximum atomic E-state index is 13.1. The quantitative estimate of drug-likeness (QED) is 0.879. The van der Waals surface area contributed by atoms with Gasteiger partial charge in [-0.15, -0.1) is 0 Å². The highest BCUT2D eigenvalue weighted by molar-refractivity contribution is 5.78. The second-order valence-corrected chi connectivity index (χ2v) is 4.88. The molecule has 0 spiro atoms. The van der Waals surface area contributed by atoms with Crippen LogP contribution in [0.3, 0.4) is 0 Å². The van der Waals surface area contributed by atoms with Crippen LogP contribution in [-0.2, 0) is 0 Å². The normalized spacial score (nSPS) is 16.9. The number of nitrogens with zero attached hydrogens (tertiary/aromatic N) is 2. The predicted octanol–water partition coefficient (Wildman–Crippen LogP) is 3.51. The number of hydrogen-bond donors (Lipinski definition) is 1. The van der Waals surface area contributed by atoms with Crippen LogP contribution in [0.5, 0.6) is 0 Å². The van der Waals surface area contributed by atoms with Crippen molar-refractivity contribution in [3.05, 3.63) is 30.2 Å². The minimum absolute atomic E-state index is 0.259. The first kappa shape index (κ1) is 11.4. The Labute approximate surface area is 105 Å². The molecule has 1 N–H and O–H groups in total. The number of halogens is 1. The minimum Gasteiger partial charge on any atom is -0.351 e. The fourth-order valence-electron chi connectivity index (χ4n) is 2.50. The molecule has 1 fully saturated rings. The second-order valence-electron chi connectivity index (χ2n) is 4.88. The molecule has 1 aliphatic carbocycles. The van der Waals surface area contributed by atoms with E-state index < -0.39 is 0 Å². The minimum atomic E-state index is -0.259. The highest BCUT2D eigenvalue weighted by Gasteiger charge is 2.14. The third kappa shape index (κ3) is 2.42. The zero-order valence-electron chi connectivity index (χ0n) is 10.2. The van der Waals surface area contributed by atoms with Gasteiger partial charge in [0, 0.05) is 23.7 Å². The first-order valence-electron chi connectivity index (χ1n) is 6.50. The molecule has 94 valence electrons. The SMILES string of the molecule is Fc1ccc2cnc(NC3CCCCC3)nc2c1. The molecule has 2 aromatic rings. The van der Waals surface area contributed by atoms with Gasteiger partial charge in [-0.25, -0.2) is 14.4 Å². The molecule has 1 aromatic heterocycles. The summed E-state index contributed by atoms with van der Waals surface area (Å²) in [6, 6.07) is 5.04. The smallest absolute Gasteiger partial charge is 0.223 e. The van der Waals surface area contributed by atoms with Gasteiger partial charge in [-0.2, -0.15) is 0 Å². The lowest BCUT2D eigenvalue weighted by molar-refractivity contribution is 0.461. The van der Waals surface area contributed by atoms with Crippen molar-refractivity contribution in [2.24, 2.45) is 0 Å². The van der Waals surface area contributed by atoms with Gasteiger partial charge in [0.1, 0.15) is 5.82 Å². The molecule has 1 aliphatic rings. The van der Waals surface area contributed by atoms with Gasteiger partial charge in [0.25, 0.3) is 0 Å². The summed E-state index contributed by atoms with van der Waals surface area (Å²) in [6.07, 6.45) is 7.93. The Kier molecular flexibility index (Phi) is 3.09. The summed E-state index contributed by atoms with van der Waals surface area (Å²) in [5.41, 5.74) is 0.656. The predicted molar refractivity (Wildman–Crippen MR) is 70.0 cm³/mol. The molecular weight excluding hydrogens is 229 g/mol. The maximum Gasteiger partial charge on any atom is 0.223 e. The van der Waals surface area contributed by atoms with Crippen LogP contribution in [0.25, 0.3) is 10.9 Å². The van der Waals surface area contributed by atoms with Gasteiger partial charge in [0.05, 0.1) is 5.52 Å². The Morgan fingerprint density at radius 2 is 2.00 bits per heavy atom. The molecule has 3 nitrogen and oxygen atoms in total. The van der Waals surface area contributed by atoms with Gasteiger partial charge in [-0.1, -0.05) is 19.3 Å².